The minimum Gasteiger partial charge on any atom is -0.389 e. The van der Waals surface area contributed by atoms with Gasteiger partial charge in [0.05, 0.1) is 18.1 Å². The monoisotopic (exact) mass is 306 g/mol. The first-order chi connectivity index (χ1) is 10.6. The zero-order valence-corrected chi connectivity index (χ0v) is 13.3. The molecule has 2 heterocycles. The Kier molecular flexibility index (Phi) is 4.49. The molecule has 1 aliphatic heterocycles. The lowest BCUT2D eigenvalue weighted by molar-refractivity contribution is -0.139. The number of amides is 1. The first-order valence-corrected chi connectivity index (χ1v) is 8.35. The fraction of sp³-hybridized carbons (Fsp3) is 0.750. The second kappa shape index (κ2) is 6.38. The second-order valence-corrected chi connectivity index (χ2v) is 6.57. The summed E-state index contributed by atoms with van der Waals surface area (Å²) in [7, 11) is 0. The number of imidazole rings is 1. The van der Waals surface area contributed by atoms with Gasteiger partial charge in [0.2, 0.25) is 5.91 Å². The average Bonchev–Trinajstić information content (AvgIpc) is 3.18. The number of aliphatic hydroxyl groups is 1. The number of carbonyl (C=O) groups excluding carboxylic acids is 1. The van der Waals surface area contributed by atoms with Gasteiger partial charge in [0, 0.05) is 32.0 Å². The summed E-state index contributed by atoms with van der Waals surface area (Å²) in [6.45, 7) is 5.31. The molecule has 2 fully saturated rings. The van der Waals surface area contributed by atoms with Crippen LogP contribution in [-0.2, 0) is 4.79 Å². The molecule has 3 rings (SSSR count). The minimum atomic E-state index is -0.765. The Morgan fingerprint density at radius 3 is 2.86 bits per heavy atom. The van der Waals surface area contributed by atoms with Crippen molar-refractivity contribution in [2.45, 2.75) is 50.7 Å². The van der Waals surface area contributed by atoms with Gasteiger partial charge in [-0.3, -0.25) is 9.69 Å². The van der Waals surface area contributed by atoms with Crippen LogP contribution in [0.4, 0.5) is 0 Å². The summed E-state index contributed by atoms with van der Waals surface area (Å²) in [4.78, 5) is 24.4. The predicted molar refractivity (Wildman–Crippen MR) is 83.2 cm³/mol. The molecule has 22 heavy (non-hydrogen) atoms. The third-order valence-electron chi connectivity index (χ3n) is 5.10. The number of carbonyl (C=O) groups is 1. The number of nitrogens with one attached hydrogen (secondary N) is 1. The van der Waals surface area contributed by atoms with Crippen molar-refractivity contribution in [2.75, 3.05) is 26.2 Å². The SMILES string of the molecule is CCN1CCN(C(=O)CC2(O)CCCC2)C[C@@H]1c1ncc[nH]1. The molecule has 0 bridgehead atoms. The molecular weight excluding hydrogens is 280 g/mol. The molecule has 0 unspecified atom stereocenters. The molecule has 1 aliphatic carbocycles. The van der Waals surface area contributed by atoms with E-state index >= 15 is 0 Å². The zero-order chi connectivity index (χ0) is 15.6. The highest BCUT2D eigenvalue weighted by Gasteiger charge is 2.37. The third kappa shape index (κ3) is 3.17. The topological polar surface area (TPSA) is 72.5 Å². The summed E-state index contributed by atoms with van der Waals surface area (Å²) in [5, 5.41) is 10.5. The summed E-state index contributed by atoms with van der Waals surface area (Å²) in [5.41, 5.74) is -0.765. The number of aromatic amines is 1. The number of rotatable bonds is 4. The van der Waals surface area contributed by atoms with Gasteiger partial charge in [-0.2, -0.15) is 0 Å². The van der Waals surface area contributed by atoms with E-state index in [4.69, 9.17) is 0 Å². The number of hydrogen-bond acceptors (Lipinski definition) is 4. The Bertz CT molecular complexity index is 496. The number of aromatic nitrogens is 2. The maximum Gasteiger partial charge on any atom is 0.225 e. The maximum absolute atomic E-state index is 12.6. The predicted octanol–water partition coefficient (Wildman–Crippen LogP) is 1.31. The Balaban J connectivity index is 1.66. The van der Waals surface area contributed by atoms with Crippen LogP contribution in [0.2, 0.25) is 0 Å². The van der Waals surface area contributed by atoms with Crippen LogP contribution >= 0.6 is 0 Å². The quantitative estimate of drug-likeness (QED) is 0.880. The number of piperazine rings is 1. The van der Waals surface area contributed by atoms with Gasteiger partial charge in [0.25, 0.3) is 0 Å². The largest absolute Gasteiger partial charge is 0.389 e. The van der Waals surface area contributed by atoms with Crippen molar-refractivity contribution in [1.82, 2.24) is 19.8 Å². The van der Waals surface area contributed by atoms with E-state index in [1.807, 2.05) is 11.1 Å². The van der Waals surface area contributed by atoms with E-state index in [0.717, 1.165) is 51.1 Å². The highest BCUT2D eigenvalue weighted by atomic mass is 16.3. The van der Waals surface area contributed by atoms with Gasteiger partial charge in [0.1, 0.15) is 5.82 Å². The van der Waals surface area contributed by atoms with E-state index in [-0.39, 0.29) is 18.4 Å². The Labute approximate surface area is 131 Å². The summed E-state index contributed by atoms with van der Waals surface area (Å²) in [6.07, 6.45) is 7.43. The molecule has 6 nitrogen and oxygen atoms in total. The minimum absolute atomic E-state index is 0.0803. The van der Waals surface area contributed by atoms with Crippen molar-refractivity contribution in [3.63, 3.8) is 0 Å². The summed E-state index contributed by atoms with van der Waals surface area (Å²) in [5.74, 6) is 0.996. The molecule has 1 aromatic heterocycles. The fourth-order valence-electron chi connectivity index (χ4n) is 3.75. The van der Waals surface area contributed by atoms with Gasteiger partial charge in [-0.1, -0.05) is 19.8 Å². The van der Waals surface area contributed by atoms with Crippen LogP contribution in [0.3, 0.4) is 0 Å². The molecule has 1 saturated carbocycles. The number of nitrogens with zero attached hydrogens (tertiary/aromatic N) is 3. The standard InChI is InChI=1S/C16H26N4O2/c1-2-19-9-10-20(12-13(19)15-17-7-8-18-15)14(21)11-16(22)5-3-4-6-16/h7-8,13,22H,2-6,9-12H2,1H3,(H,17,18)/t13-/m1/s1. The van der Waals surface area contributed by atoms with Crippen LogP contribution < -0.4 is 0 Å². The first kappa shape index (κ1) is 15.5. The highest BCUT2D eigenvalue weighted by Crippen LogP contribution is 2.33. The van der Waals surface area contributed by atoms with Crippen molar-refractivity contribution in [3.05, 3.63) is 18.2 Å². The van der Waals surface area contributed by atoms with Gasteiger partial charge in [-0.25, -0.2) is 4.98 Å². The van der Waals surface area contributed by atoms with Crippen LogP contribution in [0.15, 0.2) is 12.4 Å². The number of likely N-dealkylation sites (N-methyl/N-ethyl adjacent to an activating group) is 1. The Morgan fingerprint density at radius 1 is 1.45 bits per heavy atom. The zero-order valence-electron chi connectivity index (χ0n) is 13.3. The van der Waals surface area contributed by atoms with Crippen LogP contribution in [-0.4, -0.2) is 62.6 Å². The third-order valence-corrected chi connectivity index (χ3v) is 5.10. The molecule has 1 aromatic rings. The van der Waals surface area contributed by atoms with Crippen molar-refractivity contribution in [2.24, 2.45) is 0 Å². The maximum atomic E-state index is 12.6. The van der Waals surface area contributed by atoms with E-state index in [9.17, 15) is 9.90 Å². The lowest BCUT2D eigenvalue weighted by Gasteiger charge is -2.40. The van der Waals surface area contributed by atoms with Gasteiger partial charge >= 0.3 is 0 Å². The lowest BCUT2D eigenvalue weighted by atomic mass is 9.96. The van der Waals surface area contributed by atoms with E-state index < -0.39 is 5.60 Å². The van der Waals surface area contributed by atoms with Crippen molar-refractivity contribution < 1.29 is 9.90 Å². The van der Waals surface area contributed by atoms with Crippen molar-refractivity contribution >= 4 is 5.91 Å². The van der Waals surface area contributed by atoms with Crippen LogP contribution in [0.1, 0.15) is 50.9 Å². The van der Waals surface area contributed by atoms with E-state index in [1.165, 1.54) is 0 Å². The average molecular weight is 306 g/mol. The Morgan fingerprint density at radius 2 is 2.23 bits per heavy atom. The summed E-state index contributed by atoms with van der Waals surface area (Å²) >= 11 is 0. The molecular formula is C16H26N4O2. The van der Waals surface area contributed by atoms with Gasteiger partial charge in [-0.05, 0) is 19.4 Å². The highest BCUT2D eigenvalue weighted by molar-refractivity contribution is 5.77. The molecule has 2 N–H and O–H groups in total. The second-order valence-electron chi connectivity index (χ2n) is 6.57. The Hall–Kier alpha value is -1.40. The summed E-state index contributed by atoms with van der Waals surface area (Å²) in [6, 6.07) is 0.121. The molecule has 1 saturated heterocycles. The van der Waals surface area contributed by atoms with Crippen molar-refractivity contribution in [3.8, 4) is 0 Å². The smallest absolute Gasteiger partial charge is 0.225 e. The van der Waals surface area contributed by atoms with Gasteiger partial charge in [-0.15, -0.1) is 0 Å². The molecule has 1 atom stereocenters. The fourth-order valence-corrected chi connectivity index (χ4v) is 3.75. The normalized spacial score (nSPS) is 25.5. The van der Waals surface area contributed by atoms with Crippen LogP contribution in [0.25, 0.3) is 0 Å². The first-order valence-electron chi connectivity index (χ1n) is 8.35. The molecule has 122 valence electrons. The number of hydrogen-bond donors (Lipinski definition) is 2. The summed E-state index contributed by atoms with van der Waals surface area (Å²) < 4.78 is 0. The van der Waals surface area contributed by atoms with Crippen LogP contribution in [0, 0.1) is 0 Å². The van der Waals surface area contributed by atoms with Gasteiger partial charge in [0.15, 0.2) is 0 Å². The van der Waals surface area contributed by atoms with E-state index in [2.05, 4.69) is 21.8 Å². The van der Waals surface area contributed by atoms with E-state index in [1.54, 1.807) is 6.20 Å². The molecule has 2 aliphatic rings. The molecule has 0 aromatic carbocycles. The van der Waals surface area contributed by atoms with E-state index in [0.29, 0.717) is 6.54 Å². The molecule has 1 amide bonds. The van der Waals surface area contributed by atoms with Crippen LogP contribution in [0.5, 0.6) is 0 Å². The molecule has 6 heteroatoms. The molecule has 0 radical (unpaired) electrons. The number of H-pyrrole nitrogens is 1. The van der Waals surface area contributed by atoms with Crippen molar-refractivity contribution in [1.29, 1.82) is 0 Å². The van der Waals surface area contributed by atoms with Gasteiger partial charge < -0.3 is 15.0 Å². The lowest BCUT2D eigenvalue weighted by Crippen LogP contribution is -2.51. The molecule has 0 spiro atoms.